The lowest BCUT2D eigenvalue weighted by Gasteiger charge is -2.10. The Morgan fingerprint density at radius 1 is 1.39 bits per heavy atom. The molecular weight excluding hydrogens is 352 g/mol. The molecule has 7 heteroatoms. The minimum Gasteiger partial charge on any atom is -0.493 e. The minimum absolute atomic E-state index is 0.0331. The van der Waals surface area contributed by atoms with Crippen molar-refractivity contribution in [3.63, 3.8) is 0 Å². The molecule has 0 saturated carbocycles. The topological polar surface area (TPSA) is 44.1 Å². The van der Waals surface area contributed by atoms with Crippen molar-refractivity contribution < 1.29 is 4.74 Å². The van der Waals surface area contributed by atoms with Gasteiger partial charge in [0.05, 0.1) is 12.1 Å². The number of hydrogen-bond donors (Lipinski definition) is 0. The molecule has 0 saturated heterocycles. The molecule has 23 heavy (non-hydrogen) atoms. The molecule has 2 aromatic heterocycles. The maximum Gasteiger partial charge on any atom is 0.272 e. The monoisotopic (exact) mass is 366 g/mol. The summed E-state index contributed by atoms with van der Waals surface area (Å²) in [5.41, 5.74) is 0.800. The van der Waals surface area contributed by atoms with Gasteiger partial charge in [0.2, 0.25) is 0 Å². The molecule has 3 aromatic rings. The Labute approximate surface area is 147 Å². The van der Waals surface area contributed by atoms with E-state index in [2.05, 4.69) is 4.98 Å². The summed E-state index contributed by atoms with van der Waals surface area (Å²) in [5.74, 6) is 1.45. The number of halogens is 1. The van der Waals surface area contributed by atoms with Gasteiger partial charge in [0, 0.05) is 17.3 Å². The molecule has 0 aliphatic carbocycles. The Morgan fingerprint density at radius 3 is 3.04 bits per heavy atom. The van der Waals surface area contributed by atoms with Gasteiger partial charge in [-0.1, -0.05) is 29.4 Å². The van der Waals surface area contributed by atoms with Crippen LogP contribution < -0.4 is 10.3 Å². The van der Waals surface area contributed by atoms with E-state index in [1.165, 1.54) is 23.1 Å². The maximum atomic E-state index is 12.4. The first kappa shape index (κ1) is 16.4. The van der Waals surface area contributed by atoms with E-state index < -0.39 is 0 Å². The van der Waals surface area contributed by atoms with E-state index in [1.54, 1.807) is 10.6 Å². The predicted molar refractivity (Wildman–Crippen MR) is 97.2 cm³/mol. The summed E-state index contributed by atoms with van der Waals surface area (Å²) < 4.78 is 8.09. The highest BCUT2D eigenvalue weighted by molar-refractivity contribution is 7.99. The van der Waals surface area contributed by atoms with Crippen molar-refractivity contribution >= 4 is 44.9 Å². The first-order chi connectivity index (χ1) is 11.2. The Balaban J connectivity index is 1.68. The maximum absolute atomic E-state index is 12.4. The highest BCUT2D eigenvalue weighted by Gasteiger charge is 2.11. The van der Waals surface area contributed by atoms with Crippen LogP contribution in [0.25, 0.3) is 10.2 Å². The van der Waals surface area contributed by atoms with Crippen molar-refractivity contribution in [2.75, 3.05) is 12.4 Å². The molecule has 0 fully saturated rings. The second kappa shape index (κ2) is 7.38. The van der Waals surface area contributed by atoms with E-state index in [0.717, 1.165) is 16.4 Å². The van der Waals surface area contributed by atoms with Crippen LogP contribution in [0.2, 0.25) is 5.02 Å². The summed E-state index contributed by atoms with van der Waals surface area (Å²) in [6, 6.07) is 9.20. The normalized spacial score (nSPS) is 11.0. The summed E-state index contributed by atoms with van der Waals surface area (Å²) in [6.45, 7) is 3.08. The number of rotatable bonds is 6. The summed E-state index contributed by atoms with van der Waals surface area (Å²) in [5, 5.41) is 3.29. The van der Waals surface area contributed by atoms with Gasteiger partial charge in [0.25, 0.3) is 5.56 Å². The molecule has 0 aliphatic rings. The van der Waals surface area contributed by atoms with Crippen LogP contribution in [0.4, 0.5) is 0 Å². The van der Waals surface area contributed by atoms with E-state index in [0.29, 0.717) is 28.6 Å². The van der Waals surface area contributed by atoms with Gasteiger partial charge in [-0.25, -0.2) is 4.98 Å². The molecule has 2 heterocycles. The van der Waals surface area contributed by atoms with Crippen molar-refractivity contribution in [2.24, 2.45) is 0 Å². The van der Waals surface area contributed by atoms with Gasteiger partial charge in [0.15, 0.2) is 5.16 Å². The van der Waals surface area contributed by atoms with Crippen molar-refractivity contribution in [3.8, 4) is 5.75 Å². The van der Waals surface area contributed by atoms with Crippen LogP contribution in [0.5, 0.6) is 5.75 Å². The van der Waals surface area contributed by atoms with E-state index in [-0.39, 0.29) is 5.56 Å². The van der Waals surface area contributed by atoms with Gasteiger partial charge in [0.1, 0.15) is 10.4 Å². The van der Waals surface area contributed by atoms with E-state index in [9.17, 15) is 4.79 Å². The number of thioether (sulfide) groups is 1. The Hall–Kier alpha value is -1.50. The van der Waals surface area contributed by atoms with E-state index in [4.69, 9.17) is 16.3 Å². The average molecular weight is 367 g/mol. The molecule has 0 amide bonds. The number of nitrogens with zero attached hydrogens (tertiary/aromatic N) is 2. The molecule has 120 valence electrons. The number of thiophene rings is 1. The standard InChI is InChI=1S/C16H15ClN2O2S2/c1-2-19-15(20)14-13(6-8-22-14)18-16(19)23-9-7-21-12-5-3-4-11(17)10-12/h3-6,8,10H,2,7,9H2,1H3. The van der Waals surface area contributed by atoms with Crippen molar-refractivity contribution in [1.29, 1.82) is 0 Å². The summed E-state index contributed by atoms with van der Waals surface area (Å²) in [6.07, 6.45) is 0. The third-order valence-corrected chi connectivity index (χ3v) is 5.29. The highest BCUT2D eigenvalue weighted by Crippen LogP contribution is 2.21. The molecule has 1 aromatic carbocycles. The zero-order chi connectivity index (χ0) is 16.2. The van der Waals surface area contributed by atoms with Crippen LogP contribution in [-0.4, -0.2) is 21.9 Å². The lowest BCUT2D eigenvalue weighted by Crippen LogP contribution is -2.21. The van der Waals surface area contributed by atoms with Gasteiger partial charge in [-0.2, -0.15) is 0 Å². The average Bonchev–Trinajstić information content (AvgIpc) is 3.00. The SMILES string of the molecule is CCn1c(SCCOc2cccc(Cl)c2)nc2ccsc2c1=O. The largest absolute Gasteiger partial charge is 0.493 e. The molecule has 0 N–H and O–H groups in total. The zero-order valence-electron chi connectivity index (χ0n) is 12.5. The van der Waals surface area contributed by atoms with Crippen LogP contribution >= 0.6 is 34.7 Å². The molecule has 0 atom stereocenters. The second-order valence-corrected chi connectivity index (χ2v) is 7.15. The van der Waals surface area contributed by atoms with Crippen molar-refractivity contribution in [1.82, 2.24) is 9.55 Å². The lowest BCUT2D eigenvalue weighted by molar-refractivity contribution is 0.344. The third kappa shape index (κ3) is 3.71. The molecule has 0 radical (unpaired) electrons. The van der Waals surface area contributed by atoms with E-state index in [1.807, 2.05) is 36.6 Å². The van der Waals surface area contributed by atoms with Gasteiger partial charge in [-0.3, -0.25) is 9.36 Å². The zero-order valence-corrected chi connectivity index (χ0v) is 14.9. The quantitative estimate of drug-likeness (QED) is 0.370. The fourth-order valence-electron chi connectivity index (χ4n) is 2.16. The highest BCUT2D eigenvalue weighted by atomic mass is 35.5. The second-order valence-electron chi connectivity index (χ2n) is 4.73. The summed E-state index contributed by atoms with van der Waals surface area (Å²) in [7, 11) is 0. The smallest absolute Gasteiger partial charge is 0.272 e. The molecular formula is C16H15ClN2O2S2. The molecule has 4 nitrogen and oxygen atoms in total. The number of hydrogen-bond acceptors (Lipinski definition) is 5. The fraction of sp³-hybridized carbons (Fsp3) is 0.250. The number of fused-ring (bicyclic) bond motifs is 1. The van der Waals surface area contributed by atoms with Crippen LogP contribution in [0.1, 0.15) is 6.92 Å². The summed E-state index contributed by atoms with van der Waals surface area (Å²) in [4.78, 5) is 17.0. The molecule has 0 aliphatic heterocycles. The number of aromatic nitrogens is 2. The molecule has 0 bridgehead atoms. The first-order valence-electron chi connectivity index (χ1n) is 7.18. The van der Waals surface area contributed by atoms with Gasteiger partial charge in [-0.05, 0) is 36.6 Å². The Kier molecular flexibility index (Phi) is 5.25. The van der Waals surface area contributed by atoms with E-state index >= 15 is 0 Å². The fourth-order valence-corrected chi connectivity index (χ4v) is 4.00. The molecule has 0 spiro atoms. The van der Waals surface area contributed by atoms with Crippen LogP contribution in [-0.2, 0) is 6.54 Å². The lowest BCUT2D eigenvalue weighted by atomic mass is 10.3. The van der Waals surface area contributed by atoms with Crippen LogP contribution in [0.15, 0.2) is 45.7 Å². The molecule has 0 unspecified atom stereocenters. The van der Waals surface area contributed by atoms with Gasteiger partial charge >= 0.3 is 0 Å². The Bertz CT molecular complexity index is 876. The van der Waals surface area contributed by atoms with Crippen LogP contribution in [0, 0.1) is 0 Å². The van der Waals surface area contributed by atoms with Gasteiger partial charge < -0.3 is 4.74 Å². The van der Waals surface area contributed by atoms with Gasteiger partial charge in [-0.15, -0.1) is 11.3 Å². The summed E-state index contributed by atoms with van der Waals surface area (Å²) >= 11 is 8.89. The number of benzene rings is 1. The van der Waals surface area contributed by atoms with Crippen molar-refractivity contribution in [2.45, 2.75) is 18.6 Å². The minimum atomic E-state index is 0.0331. The molecule has 3 rings (SSSR count). The van der Waals surface area contributed by atoms with Crippen molar-refractivity contribution in [3.05, 3.63) is 51.1 Å². The first-order valence-corrected chi connectivity index (χ1v) is 9.42. The Morgan fingerprint density at radius 2 is 2.26 bits per heavy atom. The predicted octanol–water partition coefficient (Wildman–Crippen LogP) is 4.30. The van der Waals surface area contributed by atoms with Crippen LogP contribution in [0.3, 0.4) is 0 Å². The number of ether oxygens (including phenoxy) is 1. The third-order valence-electron chi connectivity index (χ3n) is 3.23.